The van der Waals surface area contributed by atoms with Gasteiger partial charge in [-0.2, -0.15) is 0 Å². The third-order valence-corrected chi connectivity index (χ3v) is 4.78. The van der Waals surface area contributed by atoms with Gasteiger partial charge in [-0.15, -0.1) is 0 Å². The van der Waals surface area contributed by atoms with Gasteiger partial charge in [-0.1, -0.05) is 60.7 Å². The van der Waals surface area contributed by atoms with Gasteiger partial charge in [0.2, 0.25) is 0 Å². The number of ether oxygens (including phenoxy) is 3. The van der Waals surface area contributed by atoms with Crippen molar-refractivity contribution in [2.24, 2.45) is 5.92 Å². The Kier molecular flexibility index (Phi) is 10.5. The van der Waals surface area contributed by atoms with E-state index in [0.717, 1.165) is 11.1 Å². The maximum absolute atomic E-state index is 12.7. The second-order valence-corrected chi connectivity index (χ2v) is 7.38. The summed E-state index contributed by atoms with van der Waals surface area (Å²) < 4.78 is 15.6. The average molecular weight is 468 g/mol. The van der Waals surface area contributed by atoms with Gasteiger partial charge in [-0.05, 0) is 31.9 Å². The maximum atomic E-state index is 12.7. The van der Waals surface area contributed by atoms with E-state index in [4.69, 9.17) is 14.2 Å². The highest BCUT2D eigenvalue weighted by Crippen LogP contribution is 2.18. The van der Waals surface area contributed by atoms with Gasteiger partial charge < -0.3 is 19.5 Å². The van der Waals surface area contributed by atoms with E-state index < -0.39 is 29.6 Å². The van der Waals surface area contributed by atoms with Crippen molar-refractivity contribution in [3.63, 3.8) is 0 Å². The summed E-state index contributed by atoms with van der Waals surface area (Å²) in [5.74, 6) is -3.85. The van der Waals surface area contributed by atoms with Crippen LogP contribution in [0.25, 0.3) is 0 Å². The number of rotatable bonds is 12. The van der Waals surface area contributed by atoms with Gasteiger partial charge in [0.1, 0.15) is 25.3 Å². The molecule has 1 N–H and O–H groups in total. The quantitative estimate of drug-likeness (QED) is 0.167. The molecular formula is C26H29NO7. The van der Waals surface area contributed by atoms with E-state index in [9.17, 15) is 19.2 Å². The molecule has 0 spiro atoms. The van der Waals surface area contributed by atoms with Gasteiger partial charge in [0.25, 0.3) is 0 Å². The Morgan fingerprint density at radius 1 is 0.824 bits per heavy atom. The Morgan fingerprint density at radius 3 is 1.85 bits per heavy atom. The fourth-order valence-corrected chi connectivity index (χ4v) is 3.03. The van der Waals surface area contributed by atoms with Crippen molar-refractivity contribution in [2.45, 2.75) is 34.0 Å². The summed E-state index contributed by atoms with van der Waals surface area (Å²) in [5.41, 5.74) is 1.19. The Hall–Kier alpha value is -3.94. The van der Waals surface area contributed by atoms with Crippen LogP contribution in [-0.2, 0) is 46.6 Å². The van der Waals surface area contributed by atoms with Crippen molar-refractivity contribution in [1.29, 1.82) is 0 Å². The van der Waals surface area contributed by atoms with E-state index in [0.29, 0.717) is 0 Å². The molecule has 0 saturated carbocycles. The van der Waals surface area contributed by atoms with Crippen molar-refractivity contribution in [2.75, 3.05) is 13.2 Å². The molecule has 0 aliphatic carbocycles. The normalized spacial score (nSPS) is 12.1. The van der Waals surface area contributed by atoms with E-state index >= 15 is 0 Å². The first-order chi connectivity index (χ1) is 16.3. The first kappa shape index (κ1) is 26.3. The van der Waals surface area contributed by atoms with Crippen LogP contribution in [0.1, 0.15) is 31.9 Å². The molecule has 2 aromatic carbocycles. The van der Waals surface area contributed by atoms with Crippen LogP contribution in [0.2, 0.25) is 0 Å². The number of carbonyl (C=O) groups is 4. The number of benzene rings is 2. The zero-order valence-electron chi connectivity index (χ0n) is 19.5. The Balaban J connectivity index is 2.16. The van der Waals surface area contributed by atoms with Crippen LogP contribution < -0.4 is 5.32 Å². The second-order valence-electron chi connectivity index (χ2n) is 7.38. The van der Waals surface area contributed by atoms with Crippen molar-refractivity contribution < 1.29 is 33.4 Å². The van der Waals surface area contributed by atoms with Crippen LogP contribution in [0.15, 0.2) is 71.9 Å². The first-order valence-electron chi connectivity index (χ1n) is 10.9. The van der Waals surface area contributed by atoms with Crippen LogP contribution in [0, 0.1) is 5.92 Å². The van der Waals surface area contributed by atoms with Gasteiger partial charge >= 0.3 is 17.9 Å². The molecule has 2 aromatic rings. The molecule has 8 heteroatoms. The monoisotopic (exact) mass is 467 g/mol. The topological polar surface area (TPSA) is 108 Å². The van der Waals surface area contributed by atoms with Crippen LogP contribution in [0.3, 0.4) is 0 Å². The summed E-state index contributed by atoms with van der Waals surface area (Å²) in [6.45, 7) is 4.01. The molecule has 0 bridgehead atoms. The predicted molar refractivity (Wildman–Crippen MR) is 124 cm³/mol. The third-order valence-electron chi connectivity index (χ3n) is 4.78. The molecule has 0 aromatic heterocycles. The summed E-state index contributed by atoms with van der Waals surface area (Å²) in [6.07, 6.45) is 0. The highest BCUT2D eigenvalue weighted by atomic mass is 16.5. The lowest BCUT2D eigenvalue weighted by atomic mass is 9.99. The minimum atomic E-state index is -1.05. The van der Waals surface area contributed by atoms with E-state index in [1.165, 1.54) is 13.8 Å². The molecule has 1 atom stereocenters. The van der Waals surface area contributed by atoms with Crippen molar-refractivity contribution in [3.05, 3.63) is 83.1 Å². The highest BCUT2D eigenvalue weighted by Gasteiger charge is 2.30. The molecule has 2 rings (SSSR count). The first-order valence-corrected chi connectivity index (χ1v) is 10.9. The Bertz CT molecular complexity index is 1020. The number of Topliss-reactive ketones (excluding diaryl/α,β-unsaturated/α-hetero) is 1. The van der Waals surface area contributed by atoms with Crippen LogP contribution in [-0.4, -0.2) is 36.8 Å². The third kappa shape index (κ3) is 8.20. The number of hydrogen-bond acceptors (Lipinski definition) is 8. The predicted octanol–water partition coefficient (Wildman–Crippen LogP) is 3.11. The smallest absolute Gasteiger partial charge is 0.343 e. The molecular weight excluding hydrogens is 438 g/mol. The fraction of sp³-hybridized carbons (Fsp3) is 0.308. The summed E-state index contributed by atoms with van der Waals surface area (Å²) in [7, 11) is 0. The molecule has 1 unspecified atom stereocenters. The lowest BCUT2D eigenvalue weighted by molar-refractivity contribution is -0.149. The van der Waals surface area contributed by atoms with E-state index in [1.54, 1.807) is 19.1 Å². The molecule has 0 amide bonds. The molecule has 0 aliphatic rings. The molecule has 180 valence electrons. The van der Waals surface area contributed by atoms with Crippen molar-refractivity contribution in [1.82, 2.24) is 5.32 Å². The van der Waals surface area contributed by atoms with Crippen LogP contribution in [0.5, 0.6) is 0 Å². The molecule has 0 aliphatic heterocycles. The molecule has 8 nitrogen and oxygen atoms in total. The average Bonchev–Trinajstić information content (AvgIpc) is 2.84. The van der Waals surface area contributed by atoms with E-state index in [2.05, 4.69) is 5.32 Å². The number of nitrogens with one attached hydrogen (secondary N) is 1. The summed E-state index contributed by atoms with van der Waals surface area (Å²) in [5, 5.41) is 2.74. The largest absolute Gasteiger partial charge is 0.462 e. The summed E-state index contributed by atoms with van der Waals surface area (Å²) in [6, 6.07) is 18.2. The number of ketones is 1. The van der Waals surface area contributed by atoms with E-state index in [1.807, 2.05) is 48.5 Å². The SMILES string of the molecule is CCOC(=O)/C(C(C)=O)=C(\NCC(=O)OCc1ccccc1)C(C)C(=O)OCc1ccccc1. The zero-order chi connectivity index (χ0) is 24.9. The van der Waals surface area contributed by atoms with Crippen molar-refractivity contribution in [3.8, 4) is 0 Å². The number of carbonyl (C=O) groups excluding carboxylic acids is 4. The van der Waals surface area contributed by atoms with Gasteiger partial charge in [0.15, 0.2) is 5.78 Å². The van der Waals surface area contributed by atoms with Crippen molar-refractivity contribution >= 4 is 23.7 Å². The molecule has 34 heavy (non-hydrogen) atoms. The van der Waals surface area contributed by atoms with Gasteiger partial charge in [0, 0.05) is 5.70 Å². The zero-order valence-corrected chi connectivity index (χ0v) is 19.5. The van der Waals surface area contributed by atoms with Crippen LogP contribution >= 0.6 is 0 Å². The molecule has 0 radical (unpaired) electrons. The molecule has 0 saturated heterocycles. The van der Waals surface area contributed by atoms with Gasteiger partial charge in [-0.25, -0.2) is 4.79 Å². The minimum Gasteiger partial charge on any atom is -0.462 e. The highest BCUT2D eigenvalue weighted by molar-refractivity contribution is 6.17. The lowest BCUT2D eigenvalue weighted by Gasteiger charge is -2.20. The minimum absolute atomic E-state index is 0.0191. The number of hydrogen-bond donors (Lipinski definition) is 1. The Morgan fingerprint density at radius 2 is 1.35 bits per heavy atom. The summed E-state index contributed by atoms with van der Waals surface area (Å²) in [4.78, 5) is 49.8. The number of esters is 3. The maximum Gasteiger partial charge on any atom is 0.343 e. The lowest BCUT2D eigenvalue weighted by Crippen LogP contribution is -2.34. The fourth-order valence-electron chi connectivity index (χ4n) is 3.03. The van der Waals surface area contributed by atoms with Gasteiger partial charge in [0.05, 0.1) is 12.5 Å². The second kappa shape index (κ2) is 13.6. The van der Waals surface area contributed by atoms with Crippen LogP contribution in [0.4, 0.5) is 0 Å². The molecule has 0 heterocycles. The standard InChI is InChI=1S/C26H29NO7/c1-4-32-26(31)23(19(3)28)24(18(2)25(30)34-17-21-13-9-6-10-14-21)27-15-22(29)33-16-20-11-7-5-8-12-20/h5-14,18,27H,4,15-17H2,1-3H3/b24-23-. The van der Waals surface area contributed by atoms with Gasteiger partial charge in [-0.3, -0.25) is 14.4 Å². The van der Waals surface area contributed by atoms with E-state index in [-0.39, 0.29) is 37.6 Å². The summed E-state index contributed by atoms with van der Waals surface area (Å²) >= 11 is 0. The molecule has 0 fully saturated rings. The Labute approximate surface area is 198 Å².